The van der Waals surface area contributed by atoms with Gasteiger partial charge in [0.15, 0.2) is 0 Å². The average Bonchev–Trinajstić information content (AvgIpc) is 3.01. The molecule has 4 nitrogen and oxygen atoms in total. The number of imidazole rings is 1. The fraction of sp³-hybridized carbons (Fsp3) is 0.333. The van der Waals surface area contributed by atoms with E-state index in [4.69, 9.17) is 21.7 Å². The highest BCUT2D eigenvalue weighted by Gasteiger charge is 2.30. The number of halogens is 4. The van der Waals surface area contributed by atoms with Crippen molar-refractivity contribution in [2.75, 3.05) is 13.2 Å². The van der Waals surface area contributed by atoms with Crippen LogP contribution in [-0.2, 0) is 10.9 Å². The molecule has 0 saturated heterocycles. The van der Waals surface area contributed by atoms with E-state index in [-0.39, 0.29) is 5.02 Å². The van der Waals surface area contributed by atoms with Crippen LogP contribution in [0.3, 0.4) is 0 Å². The smallest absolute Gasteiger partial charge is 0.374 e. The van der Waals surface area contributed by atoms with Crippen LogP contribution < -0.4 is 0 Å². The Labute approximate surface area is 137 Å². The SMILES string of the molecule is CCCOCC(=N)n1ccnc1.FC(F)(F)c1cccc(Cl)c1. The fourth-order valence-electron chi connectivity index (χ4n) is 1.47. The minimum Gasteiger partial charge on any atom is -0.374 e. The minimum atomic E-state index is -4.30. The van der Waals surface area contributed by atoms with Crippen molar-refractivity contribution in [1.82, 2.24) is 9.55 Å². The molecule has 0 aliphatic rings. The molecule has 1 aromatic heterocycles. The summed E-state index contributed by atoms with van der Waals surface area (Å²) in [7, 11) is 0. The van der Waals surface area contributed by atoms with Gasteiger partial charge in [-0.15, -0.1) is 0 Å². The number of nitrogens with one attached hydrogen (secondary N) is 1. The summed E-state index contributed by atoms with van der Waals surface area (Å²) in [5.74, 6) is 0.418. The molecule has 1 aromatic carbocycles. The number of ether oxygens (including phenoxy) is 1. The van der Waals surface area contributed by atoms with E-state index in [9.17, 15) is 13.2 Å². The van der Waals surface area contributed by atoms with Gasteiger partial charge in [-0.2, -0.15) is 13.2 Å². The van der Waals surface area contributed by atoms with E-state index in [0.29, 0.717) is 19.0 Å². The van der Waals surface area contributed by atoms with Gasteiger partial charge in [0, 0.05) is 24.0 Å². The lowest BCUT2D eigenvalue weighted by Gasteiger charge is -2.05. The standard InChI is InChI=1S/C8H13N3O.C7H4ClF3/c1-2-5-12-6-8(9)11-4-3-10-7-11;8-6-3-1-2-5(4-6)7(9,10)11/h3-4,7,9H,2,5-6H2,1H3;1-4H. The average molecular weight is 348 g/mol. The van der Waals surface area contributed by atoms with Crippen LogP contribution >= 0.6 is 11.6 Å². The van der Waals surface area contributed by atoms with Crippen molar-refractivity contribution in [2.24, 2.45) is 0 Å². The van der Waals surface area contributed by atoms with Crippen molar-refractivity contribution >= 4 is 17.4 Å². The molecule has 0 bridgehead atoms. The number of alkyl halides is 3. The van der Waals surface area contributed by atoms with Crippen molar-refractivity contribution in [1.29, 1.82) is 5.41 Å². The van der Waals surface area contributed by atoms with Gasteiger partial charge >= 0.3 is 6.18 Å². The highest BCUT2D eigenvalue weighted by molar-refractivity contribution is 6.30. The summed E-state index contributed by atoms with van der Waals surface area (Å²) in [4.78, 5) is 3.84. The predicted octanol–water partition coefficient (Wildman–Crippen LogP) is 4.49. The Balaban J connectivity index is 0.000000231. The molecule has 0 aliphatic heterocycles. The number of benzene rings is 1. The highest BCUT2D eigenvalue weighted by Crippen LogP contribution is 2.30. The molecule has 0 atom stereocenters. The van der Waals surface area contributed by atoms with Crippen molar-refractivity contribution in [2.45, 2.75) is 19.5 Å². The van der Waals surface area contributed by atoms with Crippen LogP contribution in [0.15, 0.2) is 43.0 Å². The van der Waals surface area contributed by atoms with Crippen LogP contribution in [0.1, 0.15) is 18.9 Å². The molecule has 126 valence electrons. The summed E-state index contributed by atoms with van der Waals surface area (Å²) in [5, 5.41) is 7.62. The molecular weight excluding hydrogens is 331 g/mol. The fourth-order valence-corrected chi connectivity index (χ4v) is 1.66. The molecule has 0 unspecified atom stereocenters. The summed E-state index contributed by atoms with van der Waals surface area (Å²) >= 11 is 5.35. The van der Waals surface area contributed by atoms with Crippen molar-refractivity contribution in [3.05, 3.63) is 53.6 Å². The maximum Gasteiger partial charge on any atom is 0.416 e. The second-order valence-corrected chi connectivity index (χ2v) is 4.91. The Morgan fingerprint density at radius 2 is 2.13 bits per heavy atom. The van der Waals surface area contributed by atoms with E-state index >= 15 is 0 Å². The van der Waals surface area contributed by atoms with E-state index in [1.807, 2.05) is 6.92 Å². The second kappa shape index (κ2) is 9.32. The summed E-state index contributed by atoms with van der Waals surface area (Å²) in [6.45, 7) is 3.10. The van der Waals surface area contributed by atoms with Crippen LogP contribution in [0.25, 0.3) is 0 Å². The van der Waals surface area contributed by atoms with E-state index < -0.39 is 11.7 Å². The Bertz CT molecular complexity index is 600. The second-order valence-electron chi connectivity index (χ2n) is 4.48. The lowest BCUT2D eigenvalue weighted by molar-refractivity contribution is -0.137. The summed E-state index contributed by atoms with van der Waals surface area (Å²) in [6, 6.07) is 4.54. The van der Waals surface area contributed by atoms with Crippen LogP contribution in [0.4, 0.5) is 13.2 Å². The summed E-state index contributed by atoms with van der Waals surface area (Å²) in [5.41, 5.74) is -0.718. The Morgan fingerprint density at radius 1 is 1.39 bits per heavy atom. The largest absolute Gasteiger partial charge is 0.416 e. The van der Waals surface area contributed by atoms with Crippen LogP contribution in [0, 0.1) is 5.41 Å². The summed E-state index contributed by atoms with van der Waals surface area (Å²) in [6.07, 6.45) is 1.66. The molecule has 0 aliphatic carbocycles. The van der Waals surface area contributed by atoms with Gasteiger partial charge in [-0.3, -0.25) is 9.98 Å². The predicted molar refractivity (Wildman–Crippen MR) is 82.9 cm³/mol. The zero-order chi connectivity index (χ0) is 17.3. The zero-order valence-corrected chi connectivity index (χ0v) is 13.2. The molecular formula is C15H17ClF3N3O. The number of nitrogens with zero attached hydrogens (tertiary/aromatic N) is 2. The third-order valence-electron chi connectivity index (χ3n) is 2.56. The Kier molecular flexibility index (Phi) is 7.77. The van der Waals surface area contributed by atoms with Gasteiger partial charge < -0.3 is 4.74 Å². The quantitative estimate of drug-likeness (QED) is 0.503. The third-order valence-corrected chi connectivity index (χ3v) is 2.79. The van der Waals surface area contributed by atoms with Gasteiger partial charge in [0.2, 0.25) is 0 Å². The van der Waals surface area contributed by atoms with E-state index in [1.54, 1.807) is 23.3 Å². The van der Waals surface area contributed by atoms with E-state index in [0.717, 1.165) is 18.6 Å². The highest BCUT2D eigenvalue weighted by atomic mass is 35.5. The van der Waals surface area contributed by atoms with Crippen molar-refractivity contribution < 1.29 is 17.9 Å². The normalized spacial score (nSPS) is 10.8. The van der Waals surface area contributed by atoms with Crippen molar-refractivity contribution in [3.63, 3.8) is 0 Å². The number of hydrogen-bond acceptors (Lipinski definition) is 3. The maximum absolute atomic E-state index is 11.9. The molecule has 2 rings (SSSR count). The lowest BCUT2D eigenvalue weighted by atomic mass is 10.2. The van der Waals surface area contributed by atoms with E-state index in [1.165, 1.54) is 12.1 Å². The first-order valence-electron chi connectivity index (χ1n) is 6.81. The molecule has 8 heteroatoms. The zero-order valence-electron chi connectivity index (χ0n) is 12.5. The maximum atomic E-state index is 11.9. The molecule has 0 saturated carbocycles. The Morgan fingerprint density at radius 3 is 2.61 bits per heavy atom. The first-order chi connectivity index (χ1) is 10.8. The first kappa shape index (κ1) is 19.2. The van der Waals surface area contributed by atoms with Crippen LogP contribution in [0.5, 0.6) is 0 Å². The number of hydrogen-bond donors (Lipinski definition) is 1. The van der Waals surface area contributed by atoms with Gasteiger partial charge in [-0.25, -0.2) is 4.98 Å². The summed E-state index contributed by atoms with van der Waals surface area (Å²) < 4.78 is 42.6. The molecule has 1 heterocycles. The topological polar surface area (TPSA) is 50.9 Å². The molecule has 0 radical (unpaired) electrons. The molecule has 0 fully saturated rings. The van der Waals surface area contributed by atoms with Crippen molar-refractivity contribution in [3.8, 4) is 0 Å². The van der Waals surface area contributed by atoms with Gasteiger partial charge in [-0.05, 0) is 24.6 Å². The Hall–Kier alpha value is -1.86. The monoisotopic (exact) mass is 347 g/mol. The molecule has 0 amide bonds. The van der Waals surface area contributed by atoms with E-state index in [2.05, 4.69) is 4.98 Å². The molecule has 1 N–H and O–H groups in total. The minimum absolute atomic E-state index is 0.0971. The molecule has 2 aromatic rings. The van der Waals surface area contributed by atoms with Gasteiger partial charge in [0.1, 0.15) is 18.8 Å². The van der Waals surface area contributed by atoms with Gasteiger partial charge in [-0.1, -0.05) is 24.6 Å². The lowest BCUT2D eigenvalue weighted by Crippen LogP contribution is -2.15. The first-order valence-corrected chi connectivity index (χ1v) is 7.18. The third kappa shape index (κ3) is 7.30. The van der Waals surface area contributed by atoms with Gasteiger partial charge in [0.25, 0.3) is 0 Å². The van der Waals surface area contributed by atoms with Crippen LogP contribution in [-0.4, -0.2) is 28.6 Å². The number of rotatable bonds is 4. The number of aromatic nitrogens is 2. The molecule has 23 heavy (non-hydrogen) atoms. The van der Waals surface area contributed by atoms with Gasteiger partial charge in [0.05, 0.1) is 5.56 Å². The van der Waals surface area contributed by atoms with Crippen LogP contribution in [0.2, 0.25) is 5.02 Å². The molecule has 0 spiro atoms.